The van der Waals surface area contributed by atoms with Gasteiger partial charge in [-0.15, -0.1) is 0 Å². The molecule has 3 N–H and O–H groups in total. The second-order valence-corrected chi connectivity index (χ2v) is 18.6. The van der Waals surface area contributed by atoms with Gasteiger partial charge in [0.15, 0.2) is 0 Å². The van der Waals surface area contributed by atoms with Gasteiger partial charge in [0.05, 0.1) is 25.4 Å². The number of ether oxygens (including phenoxy) is 1. The maximum atomic E-state index is 12.4. The van der Waals surface area contributed by atoms with Crippen LogP contribution in [0.25, 0.3) is 0 Å². The molecule has 0 radical (unpaired) electrons. The summed E-state index contributed by atoms with van der Waals surface area (Å²) < 4.78 is 5.45. The van der Waals surface area contributed by atoms with Crippen LogP contribution < -0.4 is 5.32 Å². The first-order chi connectivity index (χ1) is 30.0. The van der Waals surface area contributed by atoms with Crippen molar-refractivity contribution < 1.29 is 24.5 Å². The van der Waals surface area contributed by atoms with Gasteiger partial charge in [0.1, 0.15) is 0 Å². The monoisotopic (exact) mass is 860 g/mol. The van der Waals surface area contributed by atoms with Gasteiger partial charge in [0.25, 0.3) is 0 Å². The van der Waals surface area contributed by atoms with Gasteiger partial charge >= 0.3 is 5.97 Å². The minimum Gasteiger partial charge on any atom is -0.466 e. The van der Waals surface area contributed by atoms with Crippen molar-refractivity contribution in [1.29, 1.82) is 0 Å². The van der Waals surface area contributed by atoms with Gasteiger partial charge in [0.2, 0.25) is 5.91 Å². The minimum atomic E-state index is -0.848. The zero-order valence-corrected chi connectivity index (χ0v) is 40.9. The molecule has 2 unspecified atom stereocenters. The SMILES string of the molecule is CCCCCCCCCCCCC/C=C/C(O)C(CO)NC(=O)CCCCCCCCC/C=C\CCCCCCCCCCCOC(=O)CCCCCCCCCCCCC. The molecule has 61 heavy (non-hydrogen) atoms. The summed E-state index contributed by atoms with van der Waals surface area (Å²) in [5.74, 6) is -0.0718. The number of amides is 1. The van der Waals surface area contributed by atoms with Gasteiger partial charge in [-0.3, -0.25) is 9.59 Å². The van der Waals surface area contributed by atoms with Crippen LogP contribution in [0.5, 0.6) is 0 Å². The normalized spacial score (nSPS) is 12.8. The maximum absolute atomic E-state index is 12.4. The van der Waals surface area contributed by atoms with Crippen molar-refractivity contribution in [2.45, 2.75) is 302 Å². The quantitative estimate of drug-likeness (QED) is 0.0322. The summed E-state index contributed by atoms with van der Waals surface area (Å²) >= 11 is 0. The molecule has 0 rings (SSSR count). The van der Waals surface area contributed by atoms with Crippen molar-refractivity contribution in [3.63, 3.8) is 0 Å². The van der Waals surface area contributed by atoms with E-state index < -0.39 is 12.1 Å². The van der Waals surface area contributed by atoms with E-state index in [4.69, 9.17) is 4.74 Å². The van der Waals surface area contributed by atoms with E-state index in [1.807, 2.05) is 6.08 Å². The average Bonchev–Trinajstić information content (AvgIpc) is 3.26. The summed E-state index contributed by atoms with van der Waals surface area (Å²) in [4.78, 5) is 24.4. The number of nitrogens with one attached hydrogen (secondary N) is 1. The predicted molar refractivity (Wildman–Crippen MR) is 264 cm³/mol. The number of unbranched alkanes of at least 4 members (excludes halogenated alkanes) is 37. The number of esters is 1. The molecule has 0 aliphatic heterocycles. The first-order valence-electron chi connectivity index (χ1n) is 27.1. The summed E-state index contributed by atoms with van der Waals surface area (Å²) in [6, 6.07) is -0.633. The molecule has 0 saturated carbocycles. The van der Waals surface area contributed by atoms with E-state index >= 15 is 0 Å². The van der Waals surface area contributed by atoms with Crippen molar-refractivity contribution in [3.05, 3.63) is 24.3 Å². The van der Waals surface area contributed by atoms with Crippen LogP contribution in [0.4, 0.5) is 0 Å². The molecular weight excluding hydrogens is 755 g/mol. The van der Waals surface area contributed by atoms with Gasteiger partial charge in [-0.25, -0.2) is 0 Å². The van der Waals surface area contributed by atoms with E-state index in [1.54, 1.807) is 6.08 Å². The summed E-state index contributed by atoms with van der Waals surface area (Å²) in [7, 11) is 0. The molecule has 6 nitrogen and oxygen atoms in total. The molecular formula is C55H105NO5. The smallest absolute Gasteiger partial charge is 0.305 e. The number of carbonyl (C=O) groups excluding carboxylic acids is 2. The minimum absolute atomic E-state index is 0.00496. The molecule has 2 atom stereocenters. The Hall–Kier alpha value is -1.66. The Kier molecular flexibility index (Phi) is 49.6. The van der Waals surface area contributed by atoms with E-state index in [9.17, 15) is 19.8 Å². The van der Waals surface area contributed by atoms with Crippen LogP contribution in [0.15, 0.2) is 24.3 Å². The summed E-state index contributed by atoms with van der Waals surface area (Å²) in [6.45, 7) is 4.89. The fraction of sp³-hybridized carbons (Fsp3) is 0.891. The highest BCUT2D eigenvalue weighted by molar-refractivity contribution is 5.76. The Morgan fingerprint density at radius 2 is 0.770 bits per heavy atom. The molecule has 0 aliphatic carbocycles. The first-order valence-corrected chi connectivity index (χ1v) is 27.1. The average molecular weight is 860 g/mol. The van der Waals surface area contributed by atoms with Crippen LogP contribution in [0.1, 0.15) is 290 Å². The van der Waals surface area contributed by atoms with Crippen LogP contribution in [0.3, 0.4) is 0 Å². The third-order valence-electron chi connectivity index (χ3n) is 12.5. The number of hydrogen-bond donors (Lipinski definition) is 3. The van der Waals surface area contributed by atoms with E-state index in [-0.39, 0.29) is 18.5 Å². The molecule has 0 spiro atoms. The van der Waals surface area contributed by atoms with Crippen molar-refractivity contribution in [2.24, 2.45) is 0 Å². The third kappa shape index (κ3) is 47.7. The molecule has 0 bridgehead atoms. The standard InChI is InChI=1S/C55H105NO5/c1-3-5-7-9-11-13-15-24-28-31-35-39-43-47-53(58)52(51-57)56-54(59)48-44-40-36-32-29-25-22-20-18-16-17-19-21-23-26-30-34-38-42-46-50-61-55(60)49-45-41-37-33-27-14-12-10-8-6-4-2/h16,18,43,47,52-53,57-58H,3-15,17,19-42,44-46,48-51H2,1-2H3,(H,56,59)/b18-16-,47-43+. The Bertz CT molecular complexity index is 951. The lowest BCUT2D eigenvalue weighted by atomic mass is 10.0. The molecule has 0 aromatic heterocycles. The second kappa shape index (κ2) is 51.0. The largest absolute Gasteiger partial charge is 0.466 e. The number of carbonyl (C=O) groups is 2. The lowest BCUT2D eigenvalue weighted by molar-refractivity contribution is -0.143. The van der Waals surface area contributed by atoms with E-state index in [0.717, 1.165) is 51.4 Å². The van der Waals surface area contributed by atoms with Crippen molar-refractivity contribution in [3.8, 4) is 0 Å². The van der Waals surface area contributed by atoms with Crippen molar-refractivity contribution in [1.82, 2.24) is 5.32 Å². The lowest BCUT2D eigenvalue weighted by Gasteiger charge is -2.20. The Balaban J connectivity index is 3.46. The Morgan fingerprint density at radius 3 is 1.16 bits per heavy atom. The third-order valence-corrected chi connectivity index (χ3v) is 12.5. The molecule has 0 saturated heterocycles. The highest BCUT2D eigenvalue weighted by atomic mass is 16.5. The molecule has 0 aliphatic rings. The van der Waals surface area contributed by atoms with E-state index in [2.05, 4.69) is 31.3 Å². The summed E-state index contributed by atoms with van der Waals surface area (Å²) in [5, 5.41) is 23.0. The molecule has 0 fully saturated rings. The topological polar surface area (TPSA) is 95.9 Å². The van der Waals surface area contributed by atoms with Gasteiger partial charge in [-0.2, -0.15) is 0 Å². The summed E-state index contributed by atoms with van der Waals surface area (Å²) in [5.41, 5.74) is 0. The number of aliphatic hydroxyl groups excluding tert-OH is 2. The zero-order valence-electron chi connectivity index (χ0n) is 40.9. The Labute approximate surface area is 380 Å². The highest BCUT2D eigenvalue weighted by Crippen LogP contribution is 2.16. The zero-order chi connectivity index (χ0) is 44.4. The van der Waals surface area contributed by atoms with Gasteiger partial charge in [-0.1, -0.05) is 244 Å². The number of allylic oxidation sites excluding steroid dienone is 3. The molecule has 360 valence electrons. The van der Waals surface area contributed by atoms with Crippen LogP contribution in [0, 0.1) is 0 Å². The molecule has 0 aromatic rings. The fourth-order valence-corrected chi connectivity index (χ4v) is 8.27. The van der Waals surface area contributed by atoms with Crippen molar-refractivity contribution >= 4 is 11.9 Å². The molecule has 1 amide bonds. The lowest BCUT2D eigenvalue weighted by Crippen LogP contribution is -2.45. The van der Waals surface area contributed by atoms with Gasteiger partial charge < -0.3 is 20.3 Å². The van der Waals surface area contributed by atoms with Crippen LogP contribution in [-0.4, -0.2) is 47.4 Å². The molecule has 6 heteroatoms. The fourth-order valence-electron chi connectivity index (χ4n) is 8.27. The second-order valence-electron chi connectivity index (χ2n) is 18.6. The van der Waals surface area contributed by atoms with Crippen LogP contribution >= 0.6 is 0 Å². The molecule has 0 aromatic carbocycles. The van der Waals surface area contributed by atoms with E-state index in [1.165, 1.54) is 212 Å². The number of hydrogen-bond acceptors (Lipinski definition) is 5. The van der Waals surface area contributed by atoms with E-state index in [0.29, 0.717) is 19.4 Å². The first kappa shape index (κ1) is 59.3. The van der Waals surface area contributed by atoms with Gasteiger partial charge in [0, 0.05) is 12.8 Å². The highest BCUT2D eigenvalue weighted by Gasteiger charge is 2.18. The van der Waals surface area contributed by atoms with Crippen molar-refractivity contribution in [2.75, 3.05) is 13.2 Å². The van der Waals surface area contributed by atoms with Crippen LogP contribution in [-0.2, 0) is 14.3 Å². The Morgan fingerprint density at radius 1 is 0.443 bits per heavy atom. The van der Waals surface area contributed by atoms with Gasteiger partial charge in [-0.05, 0) is 57.8 Å². The maximum Gasteiger partial charge on any atom is 0.305 e. The number of rotatable bonds is 50. The molecule has 0 heterocycles. The van der Waals surface area contributed by atoms with Crippen LogP contribution in [0.2, 0.25) is 0 Å². The summed E-state index contributed by atoms with van der Waals surface area (Å²) in [6.07, 6.45) is 60.4. The predicted octanol–water partition coefficient (Wildman–Crippen LogP) is 16.3. The number of aliphatic hydroxyl groups is 2.